The maximum absolute atomic E-state index is 12.2. The van der Waals surface area contributed by atoms with Gasteiger partial charge in [0.25, 0.3) is 5.91 Å². The zero-order valence-corrected chi connectivity index (χ0v) is 18.0. The van der Waals surface area contributed by atoms with Gasteiger partial charge in [0.2, 0.25) is 0 Å². The van der Waals surface area contributed by atoms with E-state index < -0.39 is 0 Å². The van der Waals surface area contributed by atoms with Crippen molar-refractivity contribution in [1.29, 1.82) is 0 Å². The summed E-state index contributed by atoms with van der Waals surface area (Å²) in [5, 5.41) is 6.59. The number of benzene rings is 3. The van der Waals surface area contributed by atoms with Gasteiger partial charge in [-0.25, -0.2) is 0 Å². The van der Waals surface area contributed by atoms with E-state index in [4.69, 9.17) is 21.1 Å². The number of anilines is 2. The highest BCUT2D eigenvalue weighted by atomic mass is 35.5. The minimum absolute atomic E-state index is 0.176. The Morgan fingerprint density at radius 3 is 2.53 bits per heavy atom. The molecule has 0 radical (unpaired) electrons. The van der Waals surface area contributed by atoms with Crippen molar-refractivity contribution in [2.75, 3.05) is 24.4 Å². The Bertz CT molecular complexity index is 1020. The lowest BCUT2D eigenvalue weighted by molar-refractivity contribution is -0.118. The molecule has 0 spiro atoms. The summed E-state index contributed by atoms with van der Waals surface area (Å²) in [6, 6.07) is 19.0. The minimum Gasteiger partial charge on any atom is -0.493 e. The molecule has 0 saturated carbocycles. The second-order valence-electron chi connectivity index (χ2n) is 6.91. The summed E-state index contributed by atoms with van der Waals surface area (Å²) >= 11 is 6.43. The lowest BCUT2D eigenvalue weighted by Crippen LogP contribution is -2.20. The van der Waals surface area contributed by atoms with Crippen LogP contribution in [0.5, 0.6) is 11.5 Å². The van der Waals surface area contributed by atoms with Crippen LogP contribution < -0.4 is 20.1 Å². The monoisotopic (exact) mass is 424 g/mol. The Labute approximate surface area is 182 Å². The first-order valence-electron chi connectivity index (χ1n) is 9.62. The maximum atomic E-state index is 12.2. The molecule has 1 amide bonds. The van der Waals surface area contributed by atoms with Crippen molar-refractivity contribution in [2.24, 2.45) is 0 Å². The number of carbonyl (C=O) groups excluding carboxylic acids is 1. The Hall–Kier alpha value is -3.18. The molecule has 0 aliphatic rings. The third-order valence-corrected chi connectivity index (χ3v) is 5.06. The molecule has 6 heteroatoms. The normalized spacial score (nSPS) is 10.4. The molecule has 0 saturated heterocycles. The van der Waals surface area contributed by atoms with Gasteiger partial charge in [-0.05, 0) is 60.9 Å². The molecule has 0 fully saturated rings. The summed E-state index contributed by atoms with van der Waals surface area (Å²) in [5.74, 6) is 0.547. The molecule has 0 atom stereocenters. The first-order valence-corrected chi connectivity index (χ1v) is 10.00. The van der Waals surface area contributed by atoms with Crippen LogP contribution in [0.3, 0.4) is 0 Å². The van der Waals surface area contributed by atoms with E-state index in [1.807, 2.05) is 54.6 Å². The predicted octanol–water partition coefficient (Wildman–Crippen LogP) is 5.60. The number of amides is 1. The second kappa shape index (κ2) is 10.0. The van der Waals surface area contributed by atoms with Crippen molar-refractivity contribution < 1.29 is 14.3 Å². The van der Waals surface area contributed by atoms with Crippen LogP contribution >= 0.6 is 11.6 Å². The summed E-state index contributed by atoms with van der Waals surface area (Å²) in [7, 11) is 1.55. The maximum Gasteiger partial charge on any atom is 0.262 e. The number of para-hydroxylation sites is 1. The number of hydrogen-bond acceptors (Lipinski definition) is 4. The van der Waals surface area contributed by atoms with Crippen molar-refractivity contribution in [3.63, 3.8) is 0 Å². The smallest absolute Gasteiger partial charge is 0.262 e. The van der Waals surface area contributed by atoms with E-state index in [-0.39, 0.29) is 12.5 Å². The summed E-state index contributed by atoms with van der Waals surface area (Å²) < 4.78 is 11.1. The lowest BCUT2D eigenvalue weighted by Gasteiger charge is -2.16. The molecular weight excluding hydrogens is 400 g/mol. The zero-order chi connectivity index (χ0) is 21.5. The van der Waals surface area contributed by atoms with Gasteiger partial charge in [0.1, 0.15) is 0 Å². The summed E-state index contributed by atoms with van der Waals surface area (Å²) in [4.78, 5) is 12.2. The average Bonchev–Trinajstić information content (AvgIpc) is 2.74. The molecule has 0 heterocycles. The molecule has 5 nitrogen and oxygen atoms in total. The van der Waals surface area contributed by atoms with Gasteiger partial charge in [-0.2, -0.15) is 0 Å². The first kappa shape index (κ1) is 21.5. The van der Waals surface area contributed by atoms with E-state index in [9.17, 15) is 4.79 Å². The number of ether oxygens (including phenoxy) is 2. The number of carbonyl (C=O) groups is 1. The molecule has 3 rings (SSSR count). The molecule has 0 unspecified atom stereocenters. The molecule has 0 bridgehead atoms. The lowest BCUT2D eigenvalue weighted by atomic mass is 10.1. The van der Waals surface area contributed by atoms with E-state index in [0.29, 0.717) is 28.8 Å². The molecule has 3 aromatic carbocycles. The van der Waals surface area contributed by atoms with Crippen LogP contribution in [0.4, 0.5) is 11.4 Å². The van der Waals surface area contributed by atoms with Crippen molar-refractivity contribution in [3.8, 4) is 11.5 Å². The van der Waals surface area contributed by atoms with Crippen molar-refractivity contribution in [1.82, 2.24) is 0 Å². The van der Waals surface area contributed by atoms with Crippen molar-refractivity contribution in [3.05, 3.63) is 82.4 Å². The van der Waals surface area contributed by atoms with Gasteiger partial charge in [-0.3, -0.25) is 4.79 Å². The third-order valence-electron chi connectivity index (χ3n) is 4.78. The van der Waals surface area contributed by atoms with Crippen LogP contribution in [0.1, 0.15) is 16.7 Å². The first-order chi connectivity index (χ1) is 14.5. The molecule has 30 heavy (non-hydrogen) atoms. The Kier molecular flexibility index (Phi) is 7.20. The van der Waals surface area contributed by atoms with Crippen molar-refractivity contribution in [2.45, 2.75) is 20.4 Å². The average molecular weight is 425 g/mol. The van der Waals surface area contributed by atoms with E-state index in [2.05, 4.69) is 30.5 Å². The van der Waals surface area contributed by atoms with Gasteiger partial charge < -0.3 is 20.1 Å². The van der Waals surface area contributed by atoms with Crippen LogP contribution in [0.15, 0.2) is 60.7 Å². The Balaban J connectivity index is 1.66. The number of hydrogen-bond donors (Lipinski definition) is 2. The summed E-state index contributed by atoms with van der Waals surface area (Å²) in [6.45, 7) is 4.57. The van der Waals surface area contributed by atoms with Gasteiger partial charge in [0.15, 0.2) is 18.1 Å². The summed E-state index contributed by atoms with van der Waals surface area (Å²) in [5.41, 5.74) is 5.16. The quantitative estimate of drug-likeness (QED) is 0.494. The standard InChI is InChI=1S/C24H25ClN2O3/c1-16-8-7-11-21(17(16)2)26-14-18-12-20(25)24(22(13-18)29-3)30-15-23(28)27-19-9-5-4-6-10-19/h4-13,26H,14-15H2,1-3H3,(H,27,28). The third kappa shape index (κ3) is 5.45. The largest absolute Gasteiger partial charge is 0.493 e. The van der Waals surface area contributed by atoms with Gasteiger partial charge in [0.05, 0.1) is 12.1 Å². The highest BCUT2D eigenvalue weighted by Gasteiger charge is 2.14. The SMILES string of the molecule is COc1cc(CNc2cccc(C)c2C)cc(Cl)c1OCC(=O)Nc1ccccc1. The van der Waals surface area contributed by atoms with Gasteiger partial charge >= 0.3 is 0 Å². The fraction of sp³-hybridized carbons (Fsp3) is 0.208. The fourth-order valence-corrected chi connectivity index (χ4v) is 3.30. The zero-order valence-electron chi connectivity index (χ0n) is 17.3. The van der Waals surface area contributed by atoms with Crippen LogP contribution in [0.25, 0.3) is 0 Å². The second-order valence-corrected chi connectivity index (χ2v) is 7.32. The van der Waals surface area contributed by atoms with Gasteiger partial charge in [0, 0.05) is 17.9 Å². The number of methoxy groups -OCH3 is 1. The number of rotatable bonds is 8. The van der Waals surface area contributed by atoms with E-state index >= 15 is 0 Å². The predicted molar refractivity (Wildman–Crippen MR) is 122 cm³/mol. The molecule has 2 N–H and O–H groups in total. The van der Waals surface area contributed by atoms with Crippen molar-refractivity contribution >= 4 is 28.9 Å². The molecule has 0 aliphatic heterocycles. The topological polar surface area (TPSA) is 59.6 Å². The fourth-order valence-electron chi connectivity index (χ4n) is 3.01. The molecule has 0 aromatic heterocycles. The highest BCUT2D eigenvalue weighted by molar-refractivity contribution is 6.32. The molecule has 0 aliphatic carbocycles. The van der Waals surface area contributed by atoms with E-state index in [1.165, 1.54) is 11.1 Å². The van der Waals surface area contributed by atoms with Gasteiger partial charge in [-0.1, -0.05) is 41.9 Å². The molecule has 156 valence electrons. The van der Waals surface area contributed by atoms with Crippen LogP contribution in [-0.2, 0) is 11.3 Å². The minimum atomic E-state index is -0.278. The van der Waals surface area contributed by atoms with E-state index in [0.717, 1.165) is 11.3 Å². The number of aryl methyl sites for hydroxylation is 1. The van der Waals surface area contributed by atoms with Gasteiger partial charge in [-0.15, -0.1) is 0 Å². The van der Waals surface area contributed by atoms with Crippen LogP contribution in [-0.4, -0.2) is 19.6 Å². The van der Waals surface area contributed by atoms with E-state index in [1.54, 1.807) is 7.11 Å². The van der Waals surface area contributed by atoms with Crippen LogP contribution in [0, 0.1) is 13.8 Å². The Morgan fingerprint density at radius 2 is 1.80 bits per heavy atom. The number of nitrogens with one attached hydrogen (secondary N) is 2. The molecule has 3 aromatic rings. The van der Waals surface area contributed by atoms with Crippen LogP contribution in [0.2, 0.25) is 5.02 Å². The Morgan fingerprint density at radius 1 is 1.03 bits per heavy atom. The number of halogens is 1. The highest BCUT2D eigenvalue weighted by Crippen LogP contribution is 2.36. The molecular formula is C24H25ClN2O3. The summed E-state index contributed by atoms with van der Waals surface area (Å²) in [6.07, 6.45) is 0.